The van der Waals surface area contributed by atoms with E-state index >= 15 is 0 Å². The quantitative estimate of drug-likeness (QED) is 0.654. The van der Waals surface area contributed by atoms with Gasteiger partial charge in [-0.15, -0.1) is 24.2 Å². The minimum atomic E-state index is -0.0382. The number of amides is 2. The Balaban J connectivity index is 0.00000392. The van der Waals surface area contributed by atoms with E-state index in [4.69, 9.17) is 5.73 Å². The number of piperidine rings is 1. The summed E-state index contributed by atoms with van der Waals surface area (Å²) in [4.78, 5) is 27.5. The van der Waals surface area contributed by atoms with Gasteiger partial charge in [0.2, 0.25) is 11.8 Å². The van der Waals surface area contributed by atoms with Gasteiger partial charge in [0.25, 0.3) is 0 Å². The van der Waals surface area contributed by atoms with Gasteiger partial charge < -0.3 is 16.0 Å². The van der Waals surface area contributed by atoms with Crippen molar-refractivity contribution in [3.05, 3.63) is 29.8 Å². The molecule has 1 fully saturated rings. The third kappa shape index (κ3) is 7.64. The SMILES string of the molecule is CC(C)(C)c1ccc(SCC(=O)N2CCCCC2CNC(=O)CCN)cc1.Cl. The van der Waals surface area contributed by atoms with Crippen LogP contribution in [0.3, 0.4) is 0 Å². The molecule has 2 rings (SSSR count). The Morgan fingerprint density at radius 1 is 1.21 bits per heavy atom. The maximum absolute atomic E-state index is 12.8. The summed E-state index contributed by atoms with van der Waals surface area (Å²) in [5.41, 5.74) is 6.84. The predicted molar refractivity (Wildman–Crippen MR) is 119 cm³/mol. The minimum Gasteiger partial charge on any atom is -0.354 e. The molecule has 0 bridgehead atoms. The van der Waals surface area contributed by atoms with Crippen molar-refractivity contribution in [1.29, 1.82) is 0 Å². The van der Waals surface area contributed by atoms with Gasteiger partial charge in [-0.05, 0) is 42.4 Å². The number of rotatable bonds is 7. The maximum atomic E-state index is 12.8. The van der Waals surface area contributed by atoms with Crippen LogP contribution in [0.2, 0.25) is 0 Å². The molecule has 158 valence electrons. The number of benzene rings is 1. The molecule has 1 aliphatic rings. The number of nitrogens with zero attached hydrogens (tertiary/aromatic N) is 1. The van der Waals surface area contributed by atoms with Gasteiger partial charge in [-0.1, -0.05) is 32.9 Å². The summed E-state index contributed by atoms with van der Waals surface area (Å²) in [6.45, 7) is 8.24. The summed E-state index contributed by atoms with van der Waals surface area (Å²) in [7, 11) is 0. The summed E-state index contributed by atoms with van der Waals surface area (Å²) >= 11 is 1.58. The van der Waals surface area contributed by atoms with E-state index in [-0.39, 0.29) is 35.7 Å². The zero-order chi connectivity index (χ0) is 19.9. The number of hydrogen-bond donors (Lipinski definition) is 2. The van der Waals surface area contributed by atoms with Crippen LogP contribution in [0.5, 0.6) is 0 Å². The summed E-state index contributed by atoms with van der Waals surface area (Å²) in [6, 6.07) is 8.57. The number of thioether (sulfide) groups is 1. The summed E-state index contributed by atoms with van der Waals surface area (Å²) < 4.78 is 0. The Bertz CT molecular complexity index is 632. The summed E-state index contributed by atoms with van der Waals surface area (Å²) in [5.74, 6) is 0.545. The number of carbonyl (C=O) groups is 2. The standard InChI is InChI=1S/C21H33N3O2S.ClH/c1-21(2,3)16-7-9-18(10-8-16)27-15-20(26)24-13-5-4-6-17(24)14-23-19(25)11-12-22;/h7-10,17H,4-6,11-15,22H2,1-3H3,(H,23,25);1H. The number of hydrogen-bond acceptors (Lipinski definition) is 4. The lowest BCUT2D eigenvalue weighted by Crippen LogP contribution is -2.50. The van der Waals surface area contributed by atoms with Gasteiger partial charge in [0.15, 0.2) is 0 Å². The normalized spacial score (nSPS) is 17.0. The number of nitrogens with two attached hydrogens (primary N) is 1. The predicted octanol–water partition coefficient (Wildman–Crippen LogP) is 3.34. The Morgan fingerprint density at radius 3 is 2.50 bits per heavy atom. The first-order valence-corrected chi connectivity index (χ1v) is 10.8. The molecule has 1 aliphatic heterocycles. The van der Waals surface area contributed by atoms with Crippen LogP contribution < -0.4 is 11.1 Å². The van der Waals surface area contributed by atoms with Crippen molar-refractivity contribution in [2.75, 3.05) is 25.4 Å². The lowest BCUT2D eigenvalue weighted by molar-refractivity contribution is -0.132. The van der Waals surface area contributed by atoms with Gasteiger partial charge in [-0.3, -0.25) is 9.59 Å². The molecule has 1 unspecified atom stereocenters. The first-order valence-electron chi connectivity index (χ1n) is 9.81. The first-order chi connectivity index (χ1) is 12.8. The van der Waals surface area contributed by atoms with Gasteiger partial charge in [-0.2, -0.15) is 0 Å². The van der Waals surface area contributed by atoms with Crippen LogP contribution in [0.4, 0.5) is 0 Å². The topological polar surface area (TPSA) is 75.4 Å². The monoisotopic (exact) mass is 427 g/mol. The molecule has 0 saturated carbocycles. The molecule has 1 aromatic carbocycles. The van der Waals surface area contributed by atoms with E-state index in [0.29, 0.717) is 25.3 Å². The fourth-order valence-corrected chi connectivity index (χ4v) is 4.06. The molecule has 3 N–H and O–H groups in total. The van der Waals surface area contributed by atoms with Gasteiger partial charge >= 0.3 is 0 Å². The van der Waals surface area contributed by atoms with Crippen molar-refractivity contribution in [2.45, 2.75) is 62.8 Å². The van der Waals surface area contributed by atoms with E-state index in [2.05, 4.69) is 50.4 Å². The van der Waals surface area contributed by atoms with Gasteiger partial charge in [-0.25, -0.2) is 0 Å². The molecule has 1 heterocycles. The van der Waals surface area contributed by atoms with Crippen molar-refractivity contribution >= 4 is 36.0 Å². The second-order valence-corrected chi connectivity index (χ2v) is 9.19. The first kappa shape index (κ1) is 24.8. The van der Waals surface area contributed by atoms with E-state index in [1.54, 1.807) is 11.8 Å². The average molecular weight is 428 g/mol. The summed E-state index contributed by atoms with van der Waals surface area (Å²) in [5, 5.41) is 2.91. The van der Waals surface area contributed by atoms with Crippen LogP contribution in [-0.2, 0) is 15.0 Å². The molecule has 28 heavy (non-hydrogen) atoms. The zero-order valence-electron chi connectivity index (χ0n) is 17.2. The number of halogens is 1. The fraction of sp³-hybridized carbons (Fsp3) is 0.619. The highest BCUT2D eigenvalue weighted by atomic mass is 35.5. The molecule has 7 heteroatoms. The fourth-order valence-electron chi connectivity index (χ4n) is 3.27. The van der Waals surface area contributed by atoms with Crippen molar-refractivity contribution in [3.63, 3.8) is 0 Å². The molecule has 0 spiro atoms. The highest BCUT2D eigenvalue weighted by molar-refractivity contribution is 8.00. The second-order valence-electron chi connectivity index (χ2n) is 8.14. The lowest BCUT2D eigenvalue weighted by atomic mass is 9.87. The summed E-state index contributed by atoms with van der Waals surface area (Å²) in [6.07, 6.45) is 3.41. The van der Waals surface area contributed by atoms with Crippen LogP contribution in [0.1, 0.15) is 52.0 Å². The highest BCUT2D eigenvalue weighted by Crippen LogP contribution is 2.26. The molecule has 1 atom stereocenters. The largest absolute Gasteiger partial charge is 0.354 e. The van der Waals surface area contributed by atoms with E-state index in [1.807, 2.05) is 4.90 Å². The lowest BCUT2D eigenvalue weighted by Gasteiger charge is -2.36. The Hall–Kier alpha value is -1.24. The molecule has 0 radical (unpaired) electrons. The van der Waals surface area contributed by atoms with Gasteiger partial charge in [0.05, 0.1) is 5.75 Å². The highest BCUT2D eigenvalue weighted by Gasteiger charge is 2.26. The molecule has 1 saturated heterocycles. The van der Waals surface area contributed by atoms with Gasteiger partial charge in [0, 0.05) is 37.0 Å². The van der Waals surface area contributed by atoms with Crippen molar-refractivity contribution in [1.82, 2.24) is 10.2 Å². The average Bonchev–Trinajstić information content (AvgIpc) is 2.64. The van der Waals surface area contributed by atoms with Crippen molar-refractivity contribution in [3.8, 4) is 0 Å². The van der Waals surface area contributed by atoms with Crippen LogP contribution >= 0.6 is 24.2 Å². The number of nitrogens with one attached hydrogen (secondary N) is 1. The molecular formula is C21H34ClN3O2S. The third-order valence-corrected chi connectivity index (χ3v) is 5.93. The zero-order valence-corrected chi connectivity index (χ0v) is 18.8. The van der Waals surface area contributed by atoms with Gasteiger partial charge in [0.1, 0.15) is 0 Å². The maximum Gasteiger partial charge on any atom is 0.233 e. The molecule has 5 nitrogen and oxygen atoms in total. The smallest absolute Gasteiger partial charge is 0.233 e. The third-order valence-electron chi connectivity index (χ3n) is 4.94. The minimum absolute atomic E-state index is 0. The Labute approximate surface area is 179 Å². The molecule has 0 aliphatic carbocycles. The molecular weight excluding hydrogens is 394 g/mol. The Kier molecular flexibility index (Phi) is 10.4. The van der Waals surface area contributed by atoms with Crippen LogP contribution in [-0.4, -0.2) is 48.1 Å². The van der Waals surface area contributed by atoms with Crippen molar-refractivity contribution in [2.24, 2.45) is 5.73 Å². The van der Waals surface area contributed by atoms with E-state index in [0.717, 1.165) is 30.7 Å². The van der Waals surface area contributed by atoms with Crippen LogP contribution in [0.25, 0.3) is 0 Å². The number of likely N-dealkylation sites (tertiary alicyclic amines) is 1. The van der Waals surface area contributed by atoms with E-state index in [9.17, 15) is 9.59 Å². The second kappa shape index (κ2) is 11.7. The number of carbonyl (C=O) groups excluding carboxylic acids is 2. The van der Waals surface area contributed by atoms with Crippen LogP contribution in [0, 0.1) is 0 Å². The Morgan fingerprint density at radius 2 is 1.89 bits per heavy atom. The molecule has 2 amide bonds. The molecule has 1 aromatic rings. The van der Waals surface area contributed by atoms with E-state index < -0.39 is 0 Å². The molecule has 0 aromatic heterocycles. The van der Waals surface area contributed by atoms with Crippen molar-refractivity contribution < 1.29 is 9.59 Å². The van der Waals surface area contributed by atoms with E-state index in [1.165, 1.54) is 5.56 Å². The van der Waals surface area contributed by atoms with Crippen LogP contribution in [0.15, 0.2) is 29.2 Å².